The molecule has 9 heavy (non-hydrogen) atoms. The number of rotatable bonds is 2. The lowest BCUT2D eigenvalue weighted by atomic mass is 10.2. The number of nitrogens with two attached hydrogens (primary N) is 1. The molecule has 0 aromatic heterocycles. The highest BCUT2D eigenvalue weighted by atomic mass is 32.1. The number of nitrogens with one attached hydrogen (secondary N) is 1. The van der Waals surface area contributed by atoms with Gasteiger partial charge in [-0.05, 0) is 31.5 Å². The number of hydrogen-bond donors (Lipinski definition) is 2. The Balaban J connectivity index is 2.33. The van der Waals surface area contributed by atoms with Gasteiger partial charge in [-0.3, -0.25) is 0 Å². The van der Waals surface area contributed by atoms with E-state index in [0.717, 1.165) is 6.42 Å². The van der Waals surface area contributed by atoms with Crippen LogP contribution < -0.4 is 11.1 Å². The van der Waals surface area contributed by atoms with Gasteiger partial charge in [0.2, 0.25) is 0 Å². The Bertz CT molecular complexity index is 129. The van der Waals surface area contributed by atoms with E-state index in [4.69, 9.17) is 18.0 Å². The second-order valence-corrected chi connectivity index (χ2v) is 3.06. The van der Waals surface area contributed by atoms with Crippen LogP contribution in [-0.4, -0.2) is 10.7 Å². The molecule has 3 N–H and O–H groups in total. The van der Waals surface area contributed by atoms with Crippen molar-refractivity contribution >= 4 is 17.3 Å². The number of thiocarbonyl (C=S) groups is 1. The molecule has 0 aromatic rings. The summed E-state index contributed by atoms with van der Waals surface area (Å²) in [6, 6.07) is 0. The fourth-order valence-corrected chi connectivity index (χ4v) is 1.20. The first-order chi connectivity index (χ1) is 4.18. The fourth-order valence-electron chi connectivity index (χ4n) is 0.979. The van der Waals surface area contributed by atoms with Crippen LogP contribution in [0.5, 0.6) is 0 Å². The summed E-state index contributed by atoms with van der Waals surface area (Å²) in [5, 5.41) is 3.53. The van der Waals surface area contributed by atoms with Crippen molar-refractivity contribution in [1.29, 1.82) is 0 Å². The predicted octanol–water partition coefficient (Wildman–Crippen LogP) is 0.762. The SMILES string of the molecule is CCC1(NC(N)=S)CC1. The topological polar surface area (TPSA) is 38.0 Å². The van der Waals surface area contributed by atoms with Gasteiger partial charge in [0.15, 0.2) is 5.11 Å². The normalized spacial score (nSPS) is 21.0. The Labute approximate surface area is 60.8 Å². The quantitative estimate of drug-likeness (QED) is 0.562. The summed E-state index contributed by atoms with van der Waals surface area (Å²) in [7, 11) is 0. The zero-order chi connectivity index (χ0) is 6.91. The Morgan fingerprint density at radius 2 is 2.33 bits per heavy atom. The maximum atomic E-state index is 5.31. The average molecular weight is 144 g/mol. The van der Waals surface area contributed by atoms with Crippen LogP contribution in [0.2, 0.25) is 0 Å². The molecule has 1 saturated carbocycles. The van der Waals surface area contributed by atoms with Crippen LogP contribution in [0.4, 0.5) is 0 Å². The summed E-state index contributed by atoms with van der Waals surface area (Å²) >= 11 is 4.72. The molecule has 0 amide bonds. The molecule has 0 aliphatic heterocycles. The molecule has 0 heterocycles. The third-order valence-electron chi connectivity index (χ3n) is 1.92. The van der Waals surface area contributed by atoms with Crippen molar-refractivity contribution in [2.45, 2.75) is 31.7 Å². The first-order valence-corrected chi connectivity index (χ1v) is 3.67. The van der Waals surface area contributed by atoms with Gasteiger partial charge >= 0.3 is 0 Å². The third kappa shape index (κ3) is 1.55. The van der Waals surface area contributed by atoms with Crippen LogP contribution >= 0.6 is 12.2 Å². The van der Waals surface area contributed by atoms with Crippen LogP contribution in [0, 0.1) is 0 Å². The third-order valence-corrected chi connectivity index (χ3v) is 2.02. The first-order valence-electron chi connectivity index (χ1n) is 3.26. The van der Waals surface area contributed by atoms with Crippen molar-refractivity contribution in [2.75, 3.05) is 0 Å². The monoisotopic (exact) mass is 144 g/mol. The average Bonchev–Trinajstić information content (AvgIpc) is 2.48. The predicted molar refractivity (Wildman–Crippen MR) is 42.2 cm³/mol. The molecule has 2 nitrogen and oxygen atoms in total. The lowest BCUT2D eigenvalue weighted by Crippen LogP contribution is -2.39. The molecule has 0 spiro atoms. The lowest BCUT2D eigenvalue weighted by Gasteiger charge is -2.13. The van der Waals surface area contributed by atoms with E-state index in [1.807, 2.05) is 0 Å². The van der Waals surface area contributed by atoms with Gasteiger partial charge < -0.3 is 11.1 Å². The fraction of sp³-hybridized carbons (Fsp3) is 0.833. The van der Waals surface area contributed by atoms with Crippen molar-refractivity contribution in [2.24, 2.45) is 5.73 Å². The van der Waals surface area contributed by atoms with Crippen molar-refractivity contribution in [1.82, 2.24) is 5.32 Å². The van der Waals surface area contributed by atoms with E-state index in [9.17, 15) is 0 Å². The summed E-state index contributed by atoms with van der Waals surface area (Å²) < 4.78 is 0. The van der Waals surface area contributed by atoms with E-state index < -0.39 is 0 Å². The summed E-state index contributed by atoms with van der Waals surface area (Å²) in [6.07, 6.45) is 3.58. The van der Waals surface area contributed by atoms with Gasteiger partial charge in [-0.15, -0.1) is 0 Å². The molecule has 1 aliphatic rings. The zero-order valence-corrected chi connectivity index (χ0v) is 6.42. The summed E-state index contributed by atoms with van der Waals surface area (Å²) in [5.74, 6) is 0. The summed E-state index contributed by atoms with van der Waals surface area (Å²) in [4.78, 5) is 0. The highest BCUT2D eigenvalue weighted by Gasteiger charge is 2.40. The van der Waals surface area contributed by atoms with Gasteiger partial charge in [0.1, 0.15) is 0 Å². The number of hydrogen-bond acceptors (Lipinski definition) is 1. The second-order valence-electron chi connectivity index (χ2n) is 2.62. The van der Waals surface area contributed by atoms with E-state index in [0.29, 0.717) is 10.7 Å². The van der Waals surface area contributed by atoms with Crippen LogP contribution in [0.25, 0.3) is 0 Å². The molecule has 52 valence electrons. The minimum absolute atomic E-state index is 0.297. The Morgan fingerprint density at radius 1 is 1.78 bits per heavy atom. The smallest absolute Gasteiger partial charge is 0.164 e. The molecular weight excluding hydrogens is 132 g/mol. The Hall–Kier alpha value is -0.310. The van der Waals surface area contributed by atoms with E-state index >= 15 is 0 Å². The minimum atomic E-state index is 0.297. The molecule has 1 fully saturated rings. The summed E-state index contributed by atoms with van der Waals surface area (Å²) in [5.41, 5.74) is 5.61. The van der Waals surface area contributed by atoms with E-state index in [2.05, 4.69) is 12.2 Å². The highest BCUT2D eigenvalue weighted by molar-refractivity contribution is 7.80. The van der Waals surface area contributed by atoms with Gasteiger partial charge in [0, 0.05) is 5.54 Å². The van der Waals surface area contributed by atoms with E-state index in [1.54, 1.807) is 0 Å². The van der Waals surface area contributed by atoms with Crippen LogP contribution in [0.15, 0.2) is 0 Å². The molecule has 0 bridgehead atoms. The van der Waals surface area contributed by atoms with E-state index in [1.165, 1.54) is 12.8 Å². The van der Waals surface area contributed by atoms with Crippen LogP contribution in [0.3, 0.4) is 0 Å². The molecule has 0 saturated heterocycles. The lowest BCUT2D eigenvalue weighted by molar-refractivity contribution is 0.581. The Kier molecular flexibility index (Phi) is 1.62. The van der Waals surface area contributed by atoms with Crippen molar-refractivity contribution in [3.63, 3.8) is 0 Å². The van der Waals surface area contributed by atoms with Gasteiger partial charge in [0.05, 0.1) is 0 Å². The van der Waals surface area contributed by atoms with E-state index in [-0.39, 0.29) is 0 Å². The molecule has 1 rings (SSSR count). The largest absolute Gasteiger partial charge is 0.376 e. The zero-order valence-electron chi connectivity index (χ0n) is 5.61. The second kappa shape index (κ2) is 2.14. The minimum Gasteiger partial charge on any atom is -0.376 e. The van der Waals surface area contributed by atoms with Crippen LogP contribution in [-0.2, 0) is 0 Å². The van der Waals surface area contributed by atoms with Gasteiger partial charge in [-0.1, -0.05) is 6.92 Å². The molecule has 0 radical (unpaired) electrons. The summed E-state index contributed by atoms with van der Waals surface area (Å²) in [6.45, 7) is 2.15. The van der Waals surface area contributed by atoms with Crippen LogP contribution in [0.1, 0.15) is 26.2 Å². The van der Waals surface area contributed by atoms with Gasteiger partial charge in [-0.2, -0.15) is 0 Å². The van der Waals surface area contributed by atoms with Gasteiger partial charge in [-0.25, -0.2) is 0 Å². The molecule has 0 aromatic carbocycles. The van der Waals surface area contributed by atoms with Crippen molar-refractivity contribution in [3.05, 3.63) is 0 Å². The molecule has 0 atom stereocenters. The van der Waals surface area contributed by atoms with Gasteiger partial charge in [0.25, 0.3) is 0 Å². The molecule has 1 aliphatic carbocycles. The maximum absolute atomic E-state index is 5.31. The standard InChI is InChI=1S/C6H12N2S/c1-2-6(3-4-6)8-5(7)9/h2-4H2,1H3,(H3,7,8,9). The Morgan fingerprint density at radius 3 is 2.44 bits per heavy atom. The molecular formula is C6H12N2S. The molecule has 3 heteroatoms. The maximum Gasteiger partial charge on any atom is 0.164 e. The first kappa shape index (κ1) is 6.81. The van der Waals surface area contributed by atoms with Crippen molar-refractivity contribution < 1.29 is 0 Å². The van der Waals surface area contributed by atoms with Crippen molar-refractivity contribution in [3.8, 4) is 0 Å². The molecule has 0 unspecified atom stereocenters. The highest BCUT2D eigenvalue weighted by Crippen LogP contribution is 2.37.